The largest absolute Gasteiger partial charge is 0.437 e. The molecule has 0 aromatic rings. The molecular weight excluding hydrogens is 1420 g/mol. The Morgan fingerprint density at radius 2 is 0.632 bits per heavy atom. The van der Waals surface area contributed by atoms with Crippen molar-refractivity contribution in [2.75, 3.05) is 59.5 Å². The topological polar surface area (TPSA) is 213 Å². The van der Waals surface area contributed by atoms with Crippen LogP contribution in [0.15, 0.2) is 0 Å². The van der Waals surface area contributed by atoms with E-state index in [2.05, 4.69) is 137 Å². The second kappa shape index (κ2) is 34.7. The lowest BCUT2D eigenvalue weighted by Gasteiger charge is -2.45. The maximum atomic E-state index is 7.49. The zero-order valence-electron chi connectivity index (χ0n) is 57.6. The molecule has 87 heavy (non-hydrogen) atoms. The van der Waals surface area contributed by atoms with Gasteiger partial charge in [0.05, 0.1) is 39.6 Å². The predicted molar refractivity (Wildman–Crippen MR) is 384 cm³/mol. The lowest BCUT2D eigenvalue weighted by atomic mass is 10.5. The van der Waals surface area contributed by atoms with Gasteiger partial charge in [-0.25, -0.2) is 0 Å². The SMILES string of the molecule is C[SiH]1O[SiH](C)O[Si](C)(CCCOCC2CO2)O[SiH](CC[Si](C)(C)O[Si](C)(C)O[Si](C)(C)CC[SiH]2O[SiH](C)O[Si](C)(CC[Si](C)(C)O[Si](C)(C)O[Si](C)(C)CC[SiH]3O[SiH](C)O[SiH](C)O[Si](C)(CCCOCC4CO4)O3)O[Si](C)(CCCOCC3CO3)O2)O1. The fourth-order valence-corrected chi connectivity index (χ4v) is 97.5. The summed E-state index contributed by atoms with van der Waals surface area (Å²) in [5.74, 6) is 0. The molecule has 6 fully saturated rings. The first kappa shape index (κ1) is 79.0. The fraction of sp³-hybridized carbons (Fsp3) is 1.00. The van der Waals surface area contributed by atoms with E-state index in [-0.39, 0.29) is 18.3 Å². The summed E-state index contributed by atoms with van der Waals surface area (Å²) in [6.45, 7) is 53.3. The third-order valence-electron chi connectivity index (χ3n) is 15.7. The molecule has 22 nitrogen and oxygen atoms in total. The molecule has 0 spiro atoms. The molecule has 6 heterocycles. The van der Waals surface area contributed by atoms with Gasteiger partial charge in [-0.1, -0.05) is 0 Å². The Balaban J connectivity index is 1.00. The van der Waals surface area contributed by atoms with Crippen LogP contribution in [0.2, 0.25) is 204 Å². The lowest BCUT2D eigenvalue weighted by Crippen LogP contribution is -2.60. The Morgan fingerprint density at radius 3 is 0.977 bits per heavy atom. The molecule has 0 aromatic heterocycles. The van der Waals surface area contributed by atoms with Gasteiger partial charge >= 0.3 is 79.2 Å². The summed E-state index contributed by atoms with van der Waals surface area (Å²) in [6, 6.07) is 9.53. The van der Waals surface area contributed by atoms with Gasteiger partial charge in [0.15, 0.2) is 33.3 Å². The lowest BCUT2D eigenvalue weighted by molar-refractivity contribution is 0.115. The molecule has 0 N–H and O–H groups in total. The van der Waals surface area contributed by atoms with Gasteiger partial charge < -0.3 is 94.3 Å². The highest BCUT2D eigenvalue weighted by atomic mass is 28.5. The molecule has 0 amide bonds. The minimum atomic E-state index is -2.83. The predicted octanol–water partition coefficient (Wildman–Crippen LogP) is 8.13. The number of hydrogen-bond donors (Lipinski definition) is 0. The van der Waals surface area contributed by atoms with Crippen LogP contribution in [-0.4, -0.2) is 237 Å². The second-order valence-corrected chi connectivity index (χ2v) is 86.8. The zero-order valence-corrected chi connectivity index (χ0v) is 76.8. The molecule has 0 aromatic carbocycles. The van der Waals surface area contributed by atoms with E-state index in [0.29, 0.717) is 39.6 Å². The Morgan fingerprint density at radius 1 is 0.356 bits per heavy atom. The van der Waals surface area contributed by atoms with E-state index in [1.165, 1.54) is 0 Å². The molecule has 15 unspecified atom stereocenters. The van der Waals surface area contributed by atoms with Crippen LogP contribution in [0.3, 0.4) is 0 Å². The van der Waals surface area contributed by atoms with Gasteiger partial charge in [-0.2, -0.15) is 0 Å². The smallest absolute Gasteiger partial charge is 0.317 e. The average molecular weight is 1540 g/mol. The van der Waals surface area contributed by atoms with Crippen LogP contribution < -0.4 is 0 Å². The van der Waals surface area contributed by atoms with Crippen molar-refractivity contribution in [1.82, 2.24) is 0 Å². The first-order chi connectivity index (χ1) is 40.3. The fourth-order valence-electron chi connectivity index (χ4n) is 12.2. The first-order valence-corrected chi connectivity index (χ1v) is 76.7. The summed E-state index contributed by atoms with van der Waals surface area (Å²) < 4.78 is 145. The number of ether oxygens (including phenoxy) is 6. The van der Waals surface area contributed by atoms with Crippen molar-refractivity contribution in [2.45, 2.75) is 242 Å². The van der Waals surface area contributed by atoms with Crippen LogP contribution in [0.25, 0.3) is 0 Å². The van der Waals surface area contributed by atoms with E-state index in [0.717, 1.165) is 106 Å². The normalized spacial score (nSPS) is 35.2. The van der Waals surface area contributed by atoms with Crippen molar-refractivity contribution < 1.29 is 94.3 Å². The van der Waals surface area contributed by atoms with Gasteiger partial charge in [0, 0.05) is 19.8 Å². The summed E-state index contributed by atoms with van der Waals surface area (Å²) in [5.41, 5.74) is 0. The number of epoxide rings is 3. The summed E-state index contributed by atoms with van der Waals surface area (Å²) in [7, 11) is -40.9. The summed E-state index contributed by atoms with van der Waals surface area (Å²) in [5, 5.41) is 0. The molecule has 512 valence electrons. The molecule has 6 aliphatic heterocycles. The molecule has 0 aliphatic carbocycles. The highest BCUT2D eigenvalue weighted by Gasteiger charge is 2.51. The molecule has 6 aliphatic rings. The van der Waals surface area contributed by atoms with Crippen LogP contribution in [0, 0.1) is 0 Å². The van der Waals surface area contributed by atoms with Gasteiger partial charge in [0.2, 0.25) is 0 Å². The minimum Gasteiger partial charge on any atom is -0.437 e. The minimum absolute atomic E-state index is 0.224. The molecule has 15 atom stereocenters. The van der Waals surface area contributed by atoms with Crippen LogP contribution in [0.4, 0.5) is 0 Å². The third kappa shape index (κ3) is 32.5. The third-order valence-corrected chi connectivity index (χ3v) is 84.7. The molecule has 6 saturated heterocycles. The van der Waals surface area contributed by atoms with Crippen molar-refractivity contribution in [3.63, 3.8) is 0 Å². The summed E-state index contributed by atoms with van der Waals surface area (Å²) in [6.07, 6.45) is 3.37. The second-order valence-electron chi connectivity index (χ2n) is 28.9. The van der Waals surface area contributed by atoms with Crippen molar-refractivity contribution in [3.05, 3.63) is 0 Å². The van der Waals surface area contributed by atoms with Crippen LogP contribution in [0.1, 0.15) is 19.3 Å². The van der Waals surface area contributed by atoms with Gasteiger partial charge in [0.25, 0.3) is 46.4 Å². The molecule has 0 saturated carbocycles. The standard InChI is InChI=1S/C47H120O22Si18/c1-70-54-72(3)59-84(18,31-22-25-48-39-45-42-51-45)62-75(56-70)28-34-78(6,7)65-82(14,15)66-80(10,11)36-30-77-58-74(5)61-87(21,69-86(20,64-77)33-24-27-50-41-47-44-53-47)38-37-81(12,13)68-83(16,17)67-79(8,9)35-29-76-57-71(2)55-73(4)60-85(19,63-76)32-23-26-49-40-46-43-52-46/h45-47,70-77H,22-44H2,1-21H3. The van der Waals surface area contributed by atoms with E-state index in [1.54, 1.807) is 0 Å². The van der Waals surface area contributed by atoms with Crippen LogP contribution in [-0.2, 0) is 94.3 Å². The van der Waals surface area contributed by atoms with E-state index in [9.17, 15) is 0 Å². The average Bonchev–Trinajstić information content (AvgIpc) is 2.20. The Kier molecular flexibility index (Phi) is 31.5. The van der Waals surface area contributed by atoms with E-state index >= 15 is 0 Å². The van der Waals surface area contributed by atoms with Gasteiger partial charge in [-0.15, -0.1) is 0 Å². The van der Waals surface area contributed by atoms with Gasteiger partial charge in [-0.3, -0.25) is 0 Å². The van der Waals surface area contributed by atoms with E-state index in [1.807, 2.05) is 0 Å². The number of rotatable bonds is 38. The summed E-state index contributed by atoms with van der Waals surface area (Å²) in [4.78, 5) is 0. The molecular formula is C47H120O22Si18. The molecule has 40 heteroatoms. The highest BCUT2D eigenvalue weighted by Crippen LogP contribution is 2.37. The van der Waals surface area contributed by atoms with Gasteiger partial charge in [0.1, 0.15) is 18.3 Å². The molecule has 6 rings (SSSR count). The maximum absolute atomic E-state index is 7.49. The molecule has 0 radical (unpaired) electrons. The molecule has 0 bridgehead atoms. The van der Waals surface area contributed by atoms with E-state index < -0.39 is 159 Å². The van der Waals surface area contributed by atoms with Crippen molar-refractivity contribution in [1.29, 1.82) is 0 Å². The first-order valence-electron chi connectivity index (χ1n) is 32.7. The Hall–Kier alpha value is 3.02. The quantitative estimate of drug-likeness (QED) is 0.0324. The maximum Gasteiger partial charge on any atom is 0.317 e. The number of hydrogen-bond acceptors (Lipinski definition) is 22. The van der Waals surface area contributed by atoms with Gasteiger partial charge in [-0.05, 0) is 223 Å². The van der Waals surface area contributed by atoms with Crippen LogP contribution >= 0.6 is 0 Å². The monoisotopic (exact) mass is 1540 g/mol. The summed E-state index contributed by atoms with van der Waals surface area (Å²) >= 11 is 0. The van der Waals surface area contributed by atoms with Crippen molar-refractivity contribution in [3.8, 4) is 0 Å². The zero-order chi connectivity index (χ0) is 64.2. The van der Waals surface area contributed by atoms with E-state index in [4.69, 9.17) is 94.3 Å². The van der Waals surface area contributed by atoms with Crippen molar-refractivity contribution >= 4 is 159 Å². The van der Waals surface area contributed by atoms with Crippen molar-refractivity contribution in [2.24, 2.45) is 0 Å². The highest BCUT2D eigenvalue weighted by molar-refractivity contribution is 6.92. The Bertz CT molecular complexity index is 2050. The van der Waals surface area contributed by atoms with Crippen LogP contribution in [0.5, 0.6) is 0 Å². The Labute approximate surface area is 550 Å².